The quantitative estimate of drug-likeness (QED) is 0.0733. The number of aliphatic hydroxyl groups excluding tert-OH is 1. The Morgan fingerprint density at radius 2 is 1.73 bits per heavy atom. The number of hydrogen-bond donors (Lipinski definition) is 9. The summed E-state index contributed by atoms with van der Waals surface area (Å²) < 4.78 is 52.0. The smallest absolute Gasteiger partial charge is 0.390 e. The zero-order chi connectivity index (χ0) is 31.0. The minimum Gasteiger partial charge on any atom is -0.390 e. The topological polar surface area (TPSA) is 329 Å². The third-order valence-electron chi connectivity index (χ3n) is 5.37. The highest BCUT2D eigenvalue weighted by Crippen LogP contribution is 2.66. The number of aromatic nitrogens is 2. The van der Waals surface area contributed by atoms with Crippen LogP contribution in [-0.4, -0.2) is 103 Å². The van der Waals surface area contributed by atoms with Gasteiger partial charge in [0.2, 0.25) is 5.91 Å². The largest absolute Gasteiger partial charge is 0.490 e. The van der Waals surface area contributed by atoms with E-state index in [0.717, 1.165) is 10.8 Å². The van der Waals surface area contributed by atoms with E-state index in [9.17, 15) is 43.0 Å². The van der Waals surface area contributed by atoms with E-state index in [1.54, 1.807) is 0 Å². The van der Waals surface area contributed by atoms with Crippen LogP contribution in [0.15, 0.2) is 15.8 Å². The number of phosphoric ester groups is 1. The molecule has 2 heterocycles. The van der Waals surface area contributed by atoms with Gasteiger partial charge in [-0.1, -0.05) is 0 Å². The zero-order valence-electron chi connectivity index (χ0n) is 21.4. The third-order valence-corrected chi connectivity index (χ3v) is 9.17. The second-order valence-corrected chi connectivity index (χ2v) is 13.0. The molecule has 11 N–H and O–H groups in total. The Morgan fingerprint density at radius 1 is 1.10 bits per heavy atom. The predicted octanol–water partition coefficient (Wildman–Crippen LogP) is -3.59. The maximum absolute atomic E-state index is 12.4. The number of aromatic amines is 1. The highest BCUT2D eigenvalue weighted by molar-refractivity contribution is 7.66. The number of nitrogens with zero attached hydrogens (tertiary/aromatic N) is 2. The minimum absolute atomic E-state index is 0.113. The monoisotopic (exact) mass is 654 g/mol. The van der Waals surface area contributed by atoms with E-state index >= 15 is 0 Å². The van der Waals surface area contributed by atoms with Gasteiger partial charge in [0.05, 0.1) is 19.1 Å². The molecule has 0 spiro atoms. The molecule has 21 nitrogen and oxygen atoms in total. The molecule has 5 atom stereocenters. The fraction of sp³-hybridized carbons (Fsp3) is 0.706. The molecule has 24 heteroatoms. The van der Waals surface area contributed by atoms with Crippen LogP contribution in [0.4, 0.5) is 0 Å². The molecule has 1 aromatic rings. The maximum atomic E-state index is 12.4. The first-order chi connectivity index (χ1) is 18.9. The van der Waals surface area contributed by atoms with Gasteiger partial charge in [0, 0.05) is 57.4 Å². The summed E-state index contributed by atoms with van der Waals surface area (Å²) in [6.07, 6.45) is -3.73. The lowest BCUT2D eigenvalue weighted by molar-refractivity contribution is -0.120. The number of carbonyl (C=O) groups is 1. The summed E-state index contributed by atoms with van der Waals surface area (Å²) in [5.41, 5.74) is 9.17. The Morgan fingerprint density at radius 3 is 2.32 bits per heavy atom. The Labute approximate surface area is 231 Å². The summed E-state index contributed by atoms with van der Waals surface area (Å²) in [4.78, 5) is 76.9. The lowest BCUT2D eigenvalue weighted by Crippen LogP contribution is -2.41. The molecule has 0 aromatic carbocycles. The van der Waals surface area contributed by atoms with Crippen LogP contribution in [0.1, 0.15) is 18.2 Å². The van der Waals surface area contributed by atoms with Gasteiger partial charge in [-0.05, 0) is 0 Å². The lowest BCUT2D eigenvalue weighted by atomic mass is 10.2. The van der Waals surface area contributed by atoms with Crippen molar-refractivity contribution in [3.8, 4) is 0 Å². The van der Waals surface area contributed by atoms with Gasteiger partial charge in [0.15, 0.2) is 0 Å². The highest BCUT2D eigenvalue weighted by Gasteiger charge is 2.43. The maximum Gasteiger partial charge on any atom is 0.490 e. The van der Waals surface area contributed by atoms with Crippen LogP contribution in [0.25, 0.3) is 0 Å². The number of H-pyrrole nitrogens is 1. The van der Waals surface area contributed by atoms with E-state index in [1.807, 2.05) is 9.88 Å². The first-order valence-electron chi connectivity index (χ1n) is 11.8. The molecule has 0 radical (unpaired) electrons. The van der Waals surface area contributed by atoms with E-state index in [-0.39, 0.29) is 18.5 Å². The zero-order valence-corrected chi connectivity index (χ0v) is 24.1. The average molecular weight is 654 g/mol. The normalized spacial score (nSPS) is 22.4. The fourth-order valence-corrected chi connectivity index (χ4v) is 6.69. The molecule has 2 unspecified atom stereocenters. The van der Waals surface area contributed by atoms with Gasteiger partial charge in [0.1, 0.15) is 12.3 Å². The van der Waals surface area contributed by atoms with Crippen molar-refractivity contribution in [2.75, 3.05) is 45.9 Å². The fourth-order valence-electron chi connectivity index (χ4n) is 3.66. The molecule has 1 aromatic heterocycles. The van der Waals surface area contributed by atoms with E-state index in [2.05, 4.69) is 18.5 Å². The molecule has 41 heavy (non-hydrogen) atoms. The van der Waals surface area contributed by atoms with Crippen molar-refractivity contribution in [2.45, 2.75) is 31.3 Å². The van der Waals surface area contributed by atoms with E-state index in [1.165, 1.54) is 0 Å². The van der Waals surface area contributed by atoms with Crippen LogP contribution >= 0.6 is 23.5 Å². The van der Waals surface area contributed by atoms with Crippen LogP contribution < -0.4 is 28.0 Å². The van der Waals surface area contributed by atoms with Crippen molar-refractivity contribution in [1.29, 1.82) is 0 Å². The SMILES string of the molecule is NCCN(CCN)CCNC(=O)Cc1cn([C@H]2C[C@H](O)[C@@H](COP(=O)(O)OP(=O)(O)OP(=O)(O)O)O2)c(=O)[nH]c1=O. The molecule has 236 valence electrons. The van der Waals surface area contributed by atoms with E-state index in [0.29, 0.717) is 32.7 Å². The third kappa shape index (κ3) is 12.2. The predicted molar refractivity (Wildman–Crippen MR) is 137 cm³/mol. The van der Waals surface area contributed by atoms with Crippen LogP contribution in [0.2, 0.25) is 0 Å². The summed E-state index contributed by atoms with van der Waals surface area (Å²) >= 11 is 0. The molecular weight excluding hydrogens is 621 g/mol. The second-order valence-electron chi connectivity index (χ2n) is 8.59. The Balaban J connectivity index is 2.01. The summed E-state index contributed by atoms with van der Waals surface area (Å²) in [6, 6.07) is 0. The Bertz CT molecular complexity index is 1290. The van der Waals surface area contributed by atoms with Crippen molar-refractivity contribution in [3.05, 3.63) is 32.6 Å². The first kappa shape index (κ1) is 35.6. The Kier molecular flexibility index (Phi) is 13.2. The number of hydrogen-bond acceptors (Lipinski definition) is 14. The molecule has 1 aliphatic heterocycles. The highest BCUT2D eigenvalue weighted by atomic mass is 31.3. The van der Waals surface area contributed by atoms with Crippen LogP contribution in [0, 0.1) is 0 Å². The number of ether oxygens (including phenoxy) is 1. The number of aliphatic hydroxyl groups is 1. The molecule has 0 saturated carbocycles. The standard InChI is InChI=1S/C17H33N6O15P3/c18-1-4-22(5-2-19)6-3-20-14(25)7-11-9-23(17(27)21-16(11)26)15-8-12(24)13(36-15)10-35-40(31,32)38-41(33,34)37-39(28,29)30/h9,12-13,15,24H,1-8,10,18-19H2,(H,20,25)(H,31,32)(H,33,34)(H,21,26,27)(H2,28,29,30)/t12-,13+,15+/m0/s1. The van der Waals surface area contributed by atoms with Crippen LogP contribution in [-0.2, 0) is 42.8 Å². The molecule has 1 fully saturated rings. The van der Waals surface area contributed by atoms with Crippen molar-refractivity contribution >= 4 is 29.4 Å². The summed E-state index contributed by atoms with van der Waals surface area (Å²) in [5, 5.41) is 12.9. The van der Waals surface area contributed by atoms with Crippen molar-refractivity contribution in [2.24, 2.45) is 11.5 Å². The number of rotatable bonds is 17. The number of carbonyl (C=O) groups excluding carboxylic acids is 1. The minimum atomic E-state index is -5.75. The van der Waals surface area contributed by atoms with Gasteiger partial charge in [-0.3, -0.25) is 28.6 Å². The van der Waals surface area contributed by atoms with Crippen LogP contribution in [0.3, 0.4) is 0 Å². The van der Waals surface area contributed by atoms with Gasteiger partial charge >= 0.3 is 29.2 Å². The number of phosphoric acid groups is 3. The molecule has 0 bridgehead atoms. The molecular formula is C17H33N6O15P3. The second kappa shape index (κ2) is 15.2. The lowest BCUT2D eigenvalue weighted by Gasteiger charge is -2.20. The molecule has 1 amide bonds. The molecule has 2 rings (SSSR count). The van der Waals surface area contributed by atoms with Gasteiger partial charge in [-0.2, -0.15) is 8.62 Å². The molecule has 1 saturated heterocycles. The van der Waals surface area contributed by atoms with E-state index in [4.69, 9.17) is 26.0 Å². The molecule has 1 aliphatic rings. The van der Waals surface area contributed by atoms with Gasteiger partial charge in [-0.15, -0.1) is 0 Å². The summed E-state index contributed by atoms with van der Waals surface area (Å²) in [5.74, 6) is -0.526. The van der Waals surface area contributed by atoms with Crippen LogP contribution in [0.5, 0.6) is 0 Å². The number of amides is 1. The van der Waals surface area contributed by atoms with E-state index < -0.39 is 72.1 Å². The van der Waals surface area contributed by atoms with Gasteiger partial charge < -0.3 is 46.2 Å². The first-order valence-corrected chi connectivity index (χ1v) is 16.3. The van der Waals surface area contributed by atoms with Gasteiger partial charge in [-0.25, -0.2) is 18.5 Å². The summed E-state index contributed by atoms with van der Waals surface area (Å²) in [7, 11) is -16.8. The van der Waals surface area contributed by atoms with Gasteiger partial charge in [0.25, 0.3) is 5.56 Å². The summed E-state index contributed by atoms with van der Waals surface area (Å²) in [6.45, 7) is 1.71. The number of nitrogens with two attached hydrogens (primary N) is 2. The van der Waals surface area contributed by atoms with Crippen molar-refractivity contribution in [1.82, 2.24) is 19.8 Å². The van der Waals surface area contributed by atoms with Crippen molar-refractivity contribution in [3.63, 3.8) is 0 Å². The average Bonchev–Trinajstić information content (AvgIpc) is 3.17. The van der Waals surface area contributed by atoms with Crippen molar-refractivity contribution < 1.29 is 61.1 Å². The number of nitrogens with one attached hydrogen (secondary N) is 2. The Hall–Kier alpha value is -1.64. The molecule has 0 aliphatic carbocycles.